The van der Waals surface area contributed by atoms with Crippen LogP contribution in [0.5, 0.6) is 0 Å². The van der Waals surface area contributed by atoms with Crippen molar-refractivity contribution in [2.24, 2.45) is 0 Å². The largest absolute Gasteiger partial charge is 0.436 e. The molecule has 0 saturated carbocycles. The number of amides is 1. The second-order valence-electron chi connectivity index (χ2n) is 6.68. The smallest absolute Gasteiger partial charge is 0.258 e. The van der Waals surface area contributed by atoms with Crippen molar-refractivity contribution in [1.82, 2.24) is 10.3 Å². The Morgan fingerprint density at radius 3 is 2.61 bits per heavy atom. The Morgan fingerprint density at radius 2 is 1.84 bits per heavy atom. The van der Waals surface area contributed by atoms with Crippen LogP contribution < -0.4 is 10.6 Å². The van der Waals surface area contributed by atoms with E-state index in [2.05, 4.69) is 15.6 Å². The predicted octanol–water partition coefficient (Wildman–Crippen LogP) is 6.89. The highest BCUT2D eigenvalue weighted by Crippen LogP contribution is 2.29. The van der Waals surface area contributed by atoms with Crippen molar-refractivity contribution >= 4 is 74.8 Å². The number of hydrogen-bond acceptors (Lipinski definition) is 4. The van der Waals surface area contributed by atoms with Crippen LogP contribution in [0.25, 0.3) is 22.6 Å². The monoisotopic (exact) mass is 489 g/mol. The molecule has 9 heteroatoms. The normalized spacial score (nSPS) is 10.8. The predicted molar refractivity (Wildman–Crippen MR) is 129 cm³/mol. The molecule has 1 amide bonds. The van der Waals surface area contributed by atoms with Crippen LogP contribution in [0.1, 0.15) is 15.9 Å². The van der Waals surface area contributed by atoms with Gasteiger partial charge in [0.2, 0.25) is 5.89 Å². The Balaban J connectivity index is 1.51. The van der Waals surface area contributed by atoms with Gasteiger partial charge < -0.3 is 9.73 Å². The lowest BCUT2D eigenvalue weighted by atomic mass is 10.1. The SMILES string of the molecule is Cc1ccc(-c2nc3cc(NC(=S)NC(=O)c4cccc(Cl)c4Cl)ccc3o2)cc1Cl. The molecule has 31 heavy (non-hydrogen) atoms. The fraction of sp³-hybridized carbons (Fsp3) is 0.0455. The molecule has 0 atom stereocenters. The van der Waals surface area contributed by atoms with Crippen molar-refractivity contribution in [3.63, 3.8) is 0 Å². The first-order valence-corrected chi connectivity index (χ1v) is 10.6. The van der Waals surface area contributed by atoms with E-state index in [4.69, 9.17) is 51.4 Å². The Kier molecular flexibility index (Phi) is 6.16. The van der Waals surface area contributed by atoms with Gasteiger partial charge in [-0.15, -0.1) is 0 Å². The maximum atomic E-state index is 12.4. The molecule has 0 aliphatic rings. The summed E-state index contributed by atoms with van der Waals surface area (Å²) < 4.78 is 5.83. The van der Waals surface area contributed by atoms with Gasteiger partial charge in [0.1, 0.15) is 5.52 Å². The molecule has 1 aromatic heterocycles. The topological polar surface area (TPSA) is 67.2 Å². The molecule has 4 rings (SSSR count). The van der Waals surface area contributed by atoms with Crippen LogP contribution in [0.15, 0.2) is 59.0 Å². The molecule has 0 aliphatic carbocycles. The van der Waals surface area contributed by atoms with Crippen LogP contribution in [-0.4, -0.2) is 16.0 Å². The Morgan fingerprint density at radius 1 is 1.03 bits per heavy atom. The number of nitrogens with zero attached hydrogens (tertiary/aromatic N) is 1. The van der Waals surface area contributed by atoms with E-state index in [9.17, 15) is 4.79 Å². The van der Waals surface area contributed by atoms with Crippen LogP contribution >= 0.6 is 47.0 Å². The third kappa shape index (κ3) is 4.67. The van der Waals surface area contributed by atoms with E-state index in [-0.39, 0.29) is 20.7 Å². The number of thiocarbonyl (C=S) groups is 1. The summed E-state index contributed by atoms with van der Waals surface area (Å²) in [4.78, 5) is 16.9. The van der Waals surface area contributed by atoms with Gasteiger partial charge in [-0.2, -0.15) is 0 Å². The first kappa shape index (κ1) is 21.6. The molecule has 0 fully saturated rings. The quantitative estimate of drug-likeness (QED) is 0.306. The number of rotatable bonds is 3. The lowest BCUT2D eigenvalue weighted by Gasteiger charge is -2.10. The van der Waals surface area contributed by atoms with Gasteiger partial charge in [-0.25, -0.2) is 4.98 Å². The summed E-state index contributed by atoms with van der Waals surface area (Å²) >= 11 is 23.5. The molecule has 2 N–H and O–H groups in total. The van der Waals surface area contributed by atoms with Gasteiger partial charge in [0.05, 0.1) is 15.6 Å². The van der Waals surface area contributed by atoms with E-state index >= 15 is 0 Å². The number of hydrogen-bond donors (Lipinski definition) is 2. The minimum Gasteiger partial charge on any atom is -0.436 e. The van der Waals surface area contributed by atoms with Crippen molar-refractivity contribution in [2.45, 2.75) is 6.92 Å². The van der Waals surface area contributed by atoms with E-state index in [1.165, 1.54) is 0 Å². The number of carbonyl (C=O) groups is 1. The van der Waals surface area contributed by atoms with E-state index in [0.717, 1.165) is 11.1 Å². The van der Waals surface area contributed by atoms with Crippen LogP contribution in [0, 0.1) is 6.92 Å². The second-order valence-corrected chi connectivity index (χ2v) is 8.28. The molecule has 0 bridgehead atoms. The zero-order chi connectivity index (χ0) is 22.1. The third-order valence-electron chi connectivity index (χ3n) is 4.49. The molecule has 0 spiro atoms. The second kappa shape index (κ2) is 8.85. The Labute approximate surface area is 198 Å². The summed E-state index contributed by atoms with van der Waals surface area (Å²) in [6.07, 6.45) is 0. The maximum absolute atomic E-state index is 12.4. The van der Waals surface area contributed by atoms with Crippen molar-refractivity contribution in [1.29, 1.82) is 0 Å². The summed E-state index contributed by atoms with van der Waals surface area (Å²) in [5.41, 5.74) is 3.86. The maximum Gasteiger partial charge on any atom is 0.258 e. The van der Waals surface area contributed by atoms with Crippen molar-refractivity contribution in [3.05, 3.63) is 80.8 Å². The molecule has 0 saturated heterocycles. The van der Waals surface area contributed by atoms with Crippen LogP contribution in [0.3, 0.4) is 0 Å². The fourth-order valence-corrected chi connectivity index (χ4v) is 3.64. The summed E-state index contributed by atoms with van der Waals surface area (Å²) in [5.74, 6) is -0.00780. The van der Waals surface area contributed by atoms with Crippen LogP contribution in [-0.2, 0) is 0 Å². The molecular weight excluding hydrogens is 477 g/mol. The number of fused-ring (bicyclic) bond motifs is 1. The zero-order valence-corrected chi connectivity index (χ0v) is 19.1. The molecule has 0 unspecified atom stereocenters. The number of anilines is 1. The van der Waals surface area contributed by atoms with Crippen LogP contribution in [0.4, 0.5) is 5.69 Å². The lowest BCUT2D eigenvalue weighted by Crippen LogP contribution is -2.34. The fourth-order valence-electron chi connectivity index (χ4n) is 2.87. The number of carbonyl (C=O) groups excluding carboxylic acids is 1. The van der Waals surface area contributed by atoms with Gasteiger partial charge in [0, 0.05) is 16.3 Å². The summed E-state index contributed by atoms with van der Waals surface area (Å²) in [6, 6.07) is 15.7. The molecule has 4 aromatic rings. The summed E-state index contributed by atoms with van der Waals surface area (Å²) in [6.45, 7) is 1.93. The number of aryl methyl sites for hydroxylation is 1. The number of benzene rings is 3. The first-order valence-electron chi connectivity index (χ1n) is 9.05. The van der Waals surface area contributed by atoms with Gasteiger partial charge in [-0.1, -0.05) is 46.9 Å². The molecular formula is C22H14Cl3N3O2S. The lowest BCUT2D eigenvalue weighted by molar-refractivity contribution is 0.0978. The zero-order valence-electron chi connectivity index (χ0n) is 16.0. The van der Waals surface area contributed by atoms with E-state index in [0.29, 0.717) is 27.7 Å². The molecule has 156 valence electrons. The number of nitrogens with one attached hydrogen (secondary N) is 2. The van der Waals surface area contributed by atoms with Gasteiger partial charge in [0.25, 0.3) is 5.91 Å². The Hall–Kier alpha value is -2.64. The number of aromatic nitrogens is 1. The van der Waals surface area contributed by atoms with Gasteiger partial charge in [-0.3, -0.25) is 10.1 Å². The van der Waals surface area contributed by atoms with Crippen LogP contribution in [0.2, 0.25) is 15.1 Å². The number of halogens is 3. The van der Waals surface area contributed by atoms with Gasteiger partial charge >= 0.3 is 0 Å². The molecule has 0 radical (unpaired) electrons. The first-order chi connectivity index (χ1) is 14.8. The highest BCUT2D eigenvalue weighted by atomic mass is 35.5. The molecule has 5 nitrogen and oxygen atoms in total. The Bertz CT molecular complexity index is 1340. The standard InChI is InChI=1S/C22H14Cl3N3O2S/c1-11-5-6-12(9-16(11)24)21-27-17-10-13(7-8-18(17)30-21)26-22(31)28-20(29)14-3-2-4-15(23)19(14)25/h2-10H,1H3,(H2,26,28,29,31). The average molecular weight is 491 g/mol. The minimum absolute atomic E-state index is 0.106. The molecule has 1 heterocycles. The molecule has 3 aromatic carbocycles. The highest BCUT2D eigenvalue weighted by molar-refractivity contribution is 7.80. The highest BCUT2D eigenvalue weighted by Gasteiger charge is 2.15. The van der Waals surface area contributed by atoms with Crippen molar-refractivity contribution in [3.8, 4) is 11.5 Å². The van der Waals surface area contributed by atoms with Crippen molar-refractivity contribution < 1.29 is 9.21 Å². The van der Waals surface area contributed by atoms with Crippen molar-refractivity contribution in [2.75, 3.05) is 5.32 Å². The molecule has 0 aliphatic heterocycles. The van der Waals surface area contributed by atoms with Gasteiger partial charge in [-0.05, 0) is 67.2 Å². The van der Waals surface area contributed by atoms with Gasteiger partial charge in [0.15, 0.2) is 10.7 Å². The average Bonchev–Trinajstić information content (AvgIpc) is 3.15. The minimum atomic E-state index is -0.467. The van der Waals surface area contributed by atoms with E-state index in [1.807, 2.05) is 25.1 Å². The van der Waals surface area contributed by atoms with E-state index in [1.54, 1.807) is 36.4 Å². The third-order valence-corrected chi connectivity index (χ3v) is 5.92. The summed E-state index contributed by atoms with van der Waals surface area (Å²) in [7, 11) is 0. The van der Waals surface area contributed by atoms with E-state index < -0.39 is 5.91 Å². The number of oxazole rings is 1. The summed E-state index contributed by atoms with van der Waals surface area (Å²) in [5, 5.41) is 6.74.